The fourth-order valence-corrected chi connectivity index (χ4v) is 3.78. The molecule has 1 saturated heterocycles. The number of nitrogens with one attached hydrogen (secondary N) is 1. The highest BCUT2D eigenvalue weighted by atomic mass is 16.5. The van der Waals surface area contributed by atoms with Gasteiger partial charge in [-0.2, -0.15) is 0 Å². The molecule has 1 unspecified atom stereocenters. The SMILES string of the molecule is O=C1CCC(N2Cc3cccc(OCCOCc4ccccc4)c3C2)C(=O)N1. The molecule has 0 radical (unpaired) electrons. The zero-order valence-corrected chi connectivity index (χ0v) is 15.7. The van der Waals surface area contributed by atoms with Gasteiger partial charge in [0.25, 0.3) is 0 Å². The first kappa shape index (κ1) is 18.7. The predicted molar refractivity (Wildman–Crippen MR) is 103 cm³/mol. The van der Waals surface area contributed by atoms with Crippen molar-refractivity contribution in [2.45, 2.75) is 38.6 Å². The molecule has 2 aliphatic heterocycles. The van der Waals surface area contributed by atoms with Gasteiger partial charge in [0.15, 0.2) is 0 Å². The number of piperidine rings is 1. The minimum absolute atomic E-state index is 0.183. The Hall–Kier alpha value is -2.70. The maximum absolute atomic E-state index is 12.2. The van der Waals surface area contributed by atoms with Gasteiger partial charge >= 0.3 is 0 Å². The molecule has 2 aromatic rings. The summed E-state index contributed by atoms with van der Waals surface area (Å²) in [6.07, 6.45) is 0.966. The van der Waals surface area contributed by atoms with E-state index in [0.717, 1.165) is 16.9 Å². The zero-order chi connectivity index (χ0) is 19.3. The molecule has 0 bridgehead atoms. The van der Waals surface area contributed by atoms with E-state index >= 15 is 0 Å². The van der Waals surface area contributed by atoms with Gasteiger partial charge < -0.3 is 9.47 Å². The molecule has 2 aliphatic rings. The number of amides is 2. The monoisotopic (exact) mass is 380 g/mol. The average Bonchev–Trinajstić information content (AvgIpc) is 3.13. The Kier molecular flexibility index (Phi) is 5.69. The van der Waals surface area contributed by atoms with Gasteiger partial charge in [-0.05, 0) is 23.6 Å². The first-order chi connectivity index (χ1) is 13.7. The first-order valence-corrected chi connectivity index (χ1v) is 9.63. The summed E-state index contributed by atoms with van der Waals surface area (Å²) in [5, 5.41) is 2.44. The summed E-state index contributed by atoms with van der Waals surface area (Å²) in [4.78, 5) is 25.7. The molecule has 146 valence electrons. The third-order valence-electron chi connectivity index (χ3n) is 5.21. The van der Waals surface area contributed by atoms with E-state index in [1.807, 2.05) is 42.5 Å². The minimum Gasteiger partial charge on any atom is -0.491 e. The average molecular weight is 380 g/mol. The number of benzene rings is 2. The Bertz CT molecular complexity index is 853. The molecule has 6 nitrogen and oxygen atoms in total. The van der Waals surface area contributed by atoms with E-state index in [-0.39, 0.29) is 17.9 Å². The quantitative estimate of drug-likeness (QED) is 0.590. The summed E-state index contributed by atoms with van der Waals surface area (Å²) < 4.78 is 11.6. The van der Waals surface area contributed by atoms with Crippen molar-refractivity contribution in [3.8, 4) is 5.75 Å². The lowest BCUT2D eigenvalue weighted by Gasteiger charge is -2.29. The lowest BCUT2D eigenvalue weighted by Crippen LogP contribution is -2.50. The maximum Gasteiger partial charge on any atom is 0.243 e. The van der Waals surface area contributed by atoms with Crippen LogP contribution in [0.1, 0.15) is 29.5 Å². The second-order valence-corrected chi connectivity index (χ2v) is 7.15. The van der Waals surface area contributed by atoms with Crippen molar-refractivity contribution in [1.29, 1.82) is 0 Å². The van der Waals surface area contributed by atoms with Crippen molar-refractivity contribution in [2.75, 3.05) is 13.2 Å². The van der Waals surface area contributed by atoms with Crippen LogP contribution in [0.25, 0.3) is 0 Å². The summed E-state index contributed by atoms with van der Waals surface area (Å²) >= 11 is 0. The fraction of sp³-hybridized carbons (Fsp3) is 0.364. The van der Waals surface area contributed by atoms with Crippen molar-refractivity contribution in [3.05, 3.63) is 65.2 Å². The topological polar surface area (TPSA) is 67.9 Å². The Morgan fingerprint density at radius 1 is 1.00 bits per heavy atom. The van der Waals surface area contributed by atoms with Crippen LogP contribution in [0.15, 0.2) is 48.5 Å². The summed E-state index contributed by atoms with van der Waals surface area (Å²) in [6.45, 7) is 2.91. The molecule has 1 fully saturated rings. The molecule has 1 atom stereocenters. The molecule has 0 saturated carbocycles. The molecule has 2 heterocycles. The van der Waals surface area contributed by atoms with Gasteiger partial charge in [-0.3, -0.25) is 19.8 Å². The number of nitrogens with zero attached hydrogens (tertiary/aromatic N) is 1. The third kappa shape index (κ3) is 4.24. The number of hydrogen-bond acceptors (Lipinski definition) is 5. The number of imide groups is 1. The summed E-state index contributed by atoms with van der Waals surface area (Å²) in [7, 11) is 0. The molecule has 4 rings (SSSR count). The maximum atomic E-state index is 12.2. The lowest BCUT2D eigenvalue weighted by molar-refractivity contribution is -0.137. The van der Waals surface area contributed by atoms with Crippen LogP contribution in [-0.2, 0) is 34.0 Å². The Balaban J connectivity index is 1.30. The summed E-state index contributed by atoms with van der Waals surface area (Å²) in [5.74, 6) is 0.467. The highest BCUT2D eigenvalue weighted by Crippen LogP contribution is 2.33. The van der Waals surface area contributed by atoms with Gasteiger partial charge in [0.2, 0.25) is 11.8 Å². The van der Waals surface area contributed by atoms with Crippen LogP contribution in [0.4, 0.5) is 0 Å². The van der Waals surface area contributed by atoms with Crippen LogP contribution < -0.4 is 10.1 Å². The Labute approximate surface area is 164 Å². The summed E-state index contributed by atoms with van der Waals surface area (Å²) in [6, 6.07) is 15.8. The minimum atomic E-state index is -0.257. The van der Waals surface area contributed by atoms with Gasteiger partial charge in [-0.1, -0.05) is 42.5 Å². The largest absolute Gasteiger partial charge is 0.491 e. The molecular formula is C22H24N2O4. The van der Waals surface area contributed by atoms with E-state index < -0.39 is 0 Å². The van der Waals surface area contributed by atoms with Crippen molar-refractivity contribution >= 4 is 11.8 Å². The van der Waals surface area contributed by atoms with Crippen LogP contribution >= 0.6 is 0 Å². The third-order valence-corrected chi connectivity index (χ3v) is 5.21. The number of rotatable bonds is 7. The van der Waals surface area contributed by atoms with Crippen LogP contribution in [0.3, 0.4) is 0 Å². The zero-order valence-electron chi connectivity index (χ0n) is 15.7. The number of fused-ring (bicyclic) bond motifs is 1. The molecule has 0 aromatic heterocycles. The number of carbonyl (C=O) groups is 2. The van der Waals surface area contributed by atoms with Crippen LogP contribution in [0.5, 0.6) is 5.75 Å². The van der Waals surface area contributed by atoms with Crippen molar-refractivity contribution in [1.82, 2.24) is 10.2 Å². The standard InChI is InChI=1S/C22H24N2O4/c25-21-10-9-19(22(26)23-21)24-13-17-7-4-8-20(18(17)14-24)28-12-11-27-15-16-5-2-1-3-6-16/h1-8,19H,9-15H2,(H,23,25,26). The Morgan fingerprint density at radius 2 is 1.86 bits per heavy atom. The second kappa shape index (κ2) is 8.54. The lowest BCUT2D eigenvalue weighted by atomic mass is 10.0. The highest BCUT2D eigenvalue weighted by molar-refractivity contribution is 6.00. The van der Waals surface area contributed by atoms with E-state index in [1.165, 1.54) is 5.56 Å². The predicted octanol–water partition coefficient (Wildman–Crippen LogP) is 2.40. The van der Waals surface area contributed by atoms with Gasteiger partial charge in [0.1, 0.15) is 12.4 Å². The van der Waals surface area contributed by atoms with E-state index in [9.17, 15) is 9.59 Å². The van der Waals surface area contributed by atoms with Crippen molar-refractivity contribution in [3.63, 3.8) is 0 Å². The smallest absolute Gasteiger partial charge is 0.243 e. The molecular weight excluding hydrogens is 356 g/mol. The molecule has 6 heteroatoms. The molecule has 2 amide bonds. The second-order valence-electron chi connectivity index (χ2n) is 7.15. The van der Waals surface area contributed by atoms with Gasteiger partial charge in [0.05, 0.1) is 19.3 Å². The number of carbonyl (C=O) groups excluding carboxylic acids is 2. The van der Waals surface area contributed by atoms with Crippen molar-refractivity contribution in [2.24, 2.45) is 0 Å². The van der Waals surface area contributed by atoms with Gasteiger partial charge in [-0.25, -0.2) is 0 Å². The number of ether oxygens (including phenoxy) is 2. The molecule has 0 spiro atoms. The van der Waals surface area contributed by atoms with Gasteiger partial charge in [0, 0.05) is 25.1 Å². The van der Waals surface area contributed by atoms with E-state index in [0.29, 0.717) is 45.8 Å². The molecule has 28 heavy (non-hydrogen) atoms. The molecule has 2 aromatic carbocycles. The van der Waals surface area contributed by atoms with Crippen LogP contribution in [-0.4, -0.2) is 36.0 Å². The van der Waals surface area contributed by atoms with E-state index in [4.69, 9.17) is 9.47 Å². The van der Waals surface area contributed by atoms with E-state index in [1.54, 1.807) is 0 Å². The van der Waals surface area contributed by atoms with Crippen LogP contribution in [0.2, 0.25) is 0 Å². The molecule has 0 aliphatic carbocycles. The highest BCUT2D eigenvalue weighted by Gasteiger charge is 2.35. The van der Waals surface area contributed by atoms with Gasteiger partial charge in [-0.15, -0.1) is 0 Å². The normalized spacial score (nSPS) is 19.4. The number of hydrogen-bond donors (Lipinski definition) is 1. The Morgan fingerprint density at radius 3 is 2.68 bits per heavy atom. The van der Waals surface area contributed by atoms with Crippen molar-refractivity contribution < 1.29 is 19.1 Å². The van der Waals surface area contributed by atoms with E-state index in [2.05, 4.69) is 16.3 Å². The van der Waals surface area contributed by atoms with Crippen LogP contribution in [0, 0.1) is 0 Å². The first-order valence-electron chi connectivity index (χ1n) is 9.63. The summed E-state index contributed by atoms with van der Waals surface area (Å²) in [5.41, 5.74) is 3.44. The fourth-order valence-electron chi connectivity index (χ4n) is 3.78. The molecule has 1 N–H and O–H groups in total.